The van der Waals surface area contributed by atoms with Crippen molar-refractivity contribution in [2.75, 3.05) is 18.0 Å². The van der Waals surface area contributed by atoms with Gasteiger partial charge in [0.15, 0.2) is 6.10 Å². The summed E-state index contributed by atoms with van der Waals surface area (Å²) in [5.74, 6) is -0.465. The van der Waals surface area contributed by atoms with Crippen molar-refractivity contribution in [1.29, 1.82) is 0 Å². The second-order valence-corrected chi connectivity index (χ2v) is 4.77. The molecule has 0 fully saturated rings. The Kier molecular flexibility index (Phi) is 4.24. The first-order valence-corrected chi connectivity index (χ1v) is 6.64. The molecular weight excluding hydrogens is 258 g/mol. The van der Waals surface area contributed by atoms with Crippen LogP contribution >= 0.6 is 0 Å². The number of ether oxygens (including phenoxy) is 1. The fourth-order valence-corrected chi connectivity index (χ4v) is 2.25. The van der Waals surface area contributed by atoms with Crippen LogP contribution in [0.1, 0.15) is 13.3 Å². The van der Waals surface area contributed by atoms with Crippen molar-refractivity contribution < 1.29 is 14.3 Å². The van der Waals surface area contributed by atoms with Crippen molar-refractivity contribution in [2.24, 2.45) is 17.4 Å². The number of nitrogens with zero attached hydrogens (tertiary/aromatic N) is 1. The molecule has 2 atom stereocenters. The van der Waals surface area contributed by atoms with Crippen molar-refractivity contribution in [3.63, 3.8) is 0 Å². The van der Waals surface area contributed by atoms with E-state index < -0.39 is 12.0 Å². The Morgan fingerprint density at radius 3 is 2.75 bits per heavy atom. The Morgan fingerprint density at radius 1 is 1.45 bits per heavy atom. The smallest absolute Gasteiger partial charge is 0.260 e. The summed E-state index contributed by atoms with van der Waals surface area (Å²) in [6.45, 7) is 2.31. The molecule has 1 heterocycles. The summed E-state index contributed by atoms with van der Waals surface area (Å²) in [6.07, 6.45) is -0.181. The average molecular weight is 277 g/mol. The van der Waals surface area contributed by atoms with E-state index >= 15 is 0 Å². The molecule has 4 N–H and O–H groups in total. The van der Waals surface area contributed by atoms with E-state index in [1.165, 1.54) is 0 Å². The van der Waals surface area contributed by atoms with Crippen molar-refractivity contribution in [3.8, 4) is 5.75 Å². The average Bonchev–Trinajstić information content (AvgIpc) is 2.47. The molecule has 2 rings (SSSR count). The van der Waals surface area contributed by atoms with Gasteiger partial charge in [0.25, 0.3) is 5.91 Å². The normalized spacial score (nSPS) is 18.9. The van der Waals surface area contributed by atoms with Crippen LogP contribution in [0.5, 0.6) is 5.75 Å². The zero-order valence-corrected chi connectivity index (χ0v) is 11.4. The monoisotopic (exact) mass is 277 g/mol. The number of hydrogen-bond acceptors (Lipinski definition) is 4. The molecule has 1 aromatic carbocycles. The molecule has 0 saturated carbocycles. The molecule has 108 valence electrons. The molecule has 0 aromatic heterocycles. The van der Waals surface area contributed by atoms with Crippen LogP contribution in [0.3, 0.4) is 0 Å². The largest absolute Gasteiger partial charge is 0.477 e. The molecule has 0 aliphatic carbocycles. The molecule has 1 aromatic rings. The first-order chi connectivity index (χ1) is 9.58. The second-order valence-electron chi connectivity index (χ2n) is 4.77. The molecule has 0 spiro atoms. The van der Waals surface area contributed by atoms with E-state index in [1.54, 1.807) is 23.1 Å². The SMILES string of the molecule is CCC(CN)C(=O)N1CC(C(N)=O)Oc2ccccc21. The second kappa shape index (κ2) is 5.92. The van der Waals surface area contributed by atoms with Crippen LogP contribution < -0.4 is 21.1 Å². The lowest BCUT2D eigenvalue weighted by molar-refractivity contribution is -0.126. The van der Waals surface area contributed by atoms with Crippen molar-refractivity contribution in [1.82, 2.24) is 0 Å². The molecular formula is C14H19N3O3. The fraction of sp³-hybridized carbons (Fsp3) is 0.429. The van der Waals surface area contributed by atoms with Crippen molar-refractivity contribution in [3.05, 3.63) is 24.3 Å². The highest BCUT2D eigenvalue weighted by Gasteiger charge is 2.34. The molecule has 0 bridgehead atoms. The van der Waals surface area contributed by atoms with E-state index in [4.69, 9.17) is 16.2 Å². The van der Waals surface area contributed by atoms with Gasteiger partial charge in [0.2, 0.25) is 5.91 Å². The molecule has 6 nitrogen and oxygen atoms in total. The third-order valence-electron chi connectivity index (χ3n) is 3.48. The topological polar surface area (TPSA) is 98.7 Å². The zero-order chi connectivity index (χ0) is 14.7. The van der Waals surface area contributed by atoms with Gasteiger partial charge in [-0.05, 0) is 18.6 Å². The highest BCUT2D eigenvalue weighted by Crippen LogP contribution is 2.34. The quantitative estimate of drug-likeness (QED) is 0.824. The van der Waals surface area contributed by atoms with E-state index in [0.717, 1.165) is 0 Å². The number of rotatable bonds is 4. The van der Waals surface area contributed by atoms with Gasteiger partial charge >= 0.3 is 0 Å². The van der Waals surface area contributed by atoms with Crippen LogP contribution in [-0.2, 0) is 9.59 Å². The first-order valence-electron chi connectivity index (χ1n) is 6.64. The van der Waals surface area contributed by atoms with Gasteiger partial charge < -0.3 is 21.1 Å². The number of hydrogen-bond donors (Lipinski definition) is 2. The van der Waals surface area contributed by atoms with Crippen LogP contribution in [0, 0.1) is 5.92 Å². The number of fused-ring (bicyclic) bond motifs is 1. The molecule has 20 heavy (non-hydrogen) atoms. The van der Waals surface area contributed by atoms with E-state index in [-0.39, 0.29) is 24.9 Å². The summed E-state index contributed by atoms with van der Waals surface area (Å²) in [6, 6.07) is 7.10. The molecule has 1 aliphatic heterocycles. The highest BCUT2D eigenvalue weighted by atomic mass is 16.5. The van der Waals surface area contributed by atoms with E-state index in [9.17, 15) is 9.59 Å². The highest BCUT2D eigenvalue weighted by molar-refractivity contribution is 5.98. The summed E-state index contributed by atoms with van der Waals surface area (Å²) in [5, 5.41) is 0. The van der Waals surface area contributed by atoms with Crippen LogP contribution in [0.25, 0.3) is 0 Å². The molecule has 1 aliphatic rings. The summed E-state index contributed by atoms with van der Waals surface area (Å²) >= 11 is 0. The maximum Gasteiger partial charge on any atom is 0.260 e. The third-order valence-corrected chi connectivity index (χ3v) is 3.48. The summed E-state index contributed by atoms with van der Waals surface area (Å²) in [7, 11) is 0. The Labute approximate surface area is 117 Å². The molecule has 0 saturated heterocycles. The number of amides is 2. The lowest BCUT2D eigenvalue weighted by atomic mass is 10.0. The molecule has 2 unspecified atom stereocenters. The van der Waals surface area contributed by atoms with Gasteiger partial charge in [-0.15, -0.1) is 0 Å². The summed E-state index contributed by atoms with van der Waals surface area (Å²) < 4.78 is 5.52. The van der Waals surface area contributed by atoms with Crippen LogP contribution in [0.15, 0.2) is 24.3 Å². The Morgan fingerprint density at radius 2 is 2.15 bits per heavy atom. The van der Waals surface area contributed by atoms with Crippen LogP contribution in [0.2, 0.25) is 0 Å². The summed E-state index contributed by atoms with van der Waals surface area (Å²) in [4.78, 5) is 25.5. The fourth-order valence-electron chi connectivity index (χ4n) is 2.25. The molecule has 2 amide bonds. The predicted molar refractivity (Wildman–Crippen MR) is 75.2 cm³/mol. The maximum absolute atomic E-state index is 12.5. The Balaban J connectivity index is 2.36. The van der Waals surface area contributed by atoms with E-state index in [2.05, 4.69) is 0 Å². The number of carbonyl (C=O) groups is 2. The molecule has 6 heteroatoms. The lowest BCUT2D eigenvalue weighted by Gasteiger charge is -2.35. The minimum Gasteiger partial charge on any atom is -0.477 e. The number of anilines is 1. The van der Waals surface area contributed by atoms with Crippen molar-refractivity contribution >= 4 is 17.5 Å². The van der Waals surface area contributed by atoms with Crippen LogP contribution in [-0.4, -0.2) is 31.0 Å². The number of carbonyl (C=O) groups excluding carboxylic acids is 2. The minimum absolute atomic E-state index is 0.1000. The molecule has 0 radical (unpaired) electrons. The Hall–Kier alpha value is -2.08. The van der Waals surface area contributed by atoms with Crippen LogP contribution in [0.4, 0.5) is 5.69 Å². The lowest BCUT2D eigenvalue weighted by Crippen LogP contribution is -2.51. The number of primary amides is 1. The van der Waals surface area contributed by atoms with Gasteiger partial charge in [0.05, 0.1) is 18.2 Å². The van der Waals surface area contributed by atoms with Gasteiger partial charge in [-0.3, -0.25) is 9.59 Å². The minimum atomic E-state index is -0.830. The van der Waals surface area contributed by atoms with Gasteiger partial charge in [0, 0.05) is 6.54 Å². The Bertz CT molecular complexity index is 514. The third kappa shape index (κ3) is 2.60. The maximum atomic E-state index is 12.5. The number of nitrogens with two attached hydrogens (primary N) is 2. The number of para-hydroxylation sites is 2. The van der Waals surface area contributed by atoms with Gasteiger partial charge in [-0.1, -0.05) is 19.1 Å². The first kappa shape index (κ1) is 14.3. The van der Waals surface area contributed by atoms with E-state index in [1.807, 2.05) is 13.0 Å². The predicted octanol–water partition coefficient (Wildman–Crippen LogP) is 0.251. The van der Waals surface area contributed by atoms with Gasteiger partial charge in [0.1, 0.15) is 5.75 Å². The van der Waals surface area contributed by atoms with Crippen molar-refractivity contribution in [2.45, 2.75) is 19.4 Å². The van der Waals surface area contributed by atoms with Gasteiger partial charge in [-0.2, -0.15) is 0 Å². The van der Waals surface area contributed by atoms with E-state index in [0.29, 0.717) is 17.9 Å². The zero-order valence-electron chi connectivity index (χ0n) is 11.4. The standard InChI is InChI=1S/C14H19N3O3/c1-2-9(7-15)14(19)17-8-12(13(16)18)20-11-6-4-3-5-10(11)17/h3-6,9,12H,2,7-8,15H2,1H3,(H2,16,18). The van der Waals surface area contributed by atoms with Gasteiger partial charge in [-0.25, -0.2) is 0 Å². The number of benzene rings is 1. The summed E-state index contributed by atoms with van der Waals surface area (Å²) in [5.41, 5.74) is 11.6.